The van der Waals surface area contributed by atoms with E-state index < -0.39 is 10.0 Å². The fourth-order valence-corrected chi connectivity index (χ4v) is 4.90. The van der Waals surface area contributed by atoms with E-state index in [9.17, 15) is 13.2 Å². The highest BCUT2D eigenvalue weighted by Crippen LogP contribution is 2.21. The van der Waals surface area contributed by atoms with Gasteiger partial charge in [-0.05, 0) is 56.5 Å². The Morgan fingerprint density at radius 2 is 1.83 bits per heavy atom. The van der Waals surface area contributed by atoms with Crippen molar-refractivity contribution < 1.29 is 17.9 Å². The number of benzene rings is 2. The number of hydrogen-bond donors (Lipinski definition) is 1. The molecule has 1 aliphatic rings. The molecule has 0 radical (unpaired) electrons. The zero-order valence-electron chi connectivity index (χ0n) is 16.9. The molecule has 0 spiro atoms. The molecular weight excluding hydrogens is 388 g/mol. The van der Waals surface area contributed by atoms with E-state index in [1.165, 1.54) is 10.4 Å². The summed E-state index contributed by atoms with van der Waals surface area (Å²) in [4.78, 5) is 12.8. The highest BCUT2D eigenvalue weighted by Gasteiger charge is 2.26. The fourth-order valence-electron chi connectivity index (χ4n) is 3.33. The number of piperidine rings is 1. The summed E-state index contributed by atoms with van der Waals surface area (Å²) in [6.45, 7) is 5.21. The second-order valence-electron chi connectivity index (χ2n) is 7.44. The number of ether oxygens (including phenoxy) is 1. The van der Waals surface area contributed by atoms with Crippen molar-refractivity contribution in [3.05, 3.63) is 59.7 Å². The molecule has 1 N–H and O–H groups in total. The van der Waals surface area contributed by atoms with Crippen LogP contribution in [0.25, 0.3) is 0 Å². The van der Waals surface area contributed by atoms with Gasteiger partial charge in [0.05, 0.1) is 10.9 Å². The quantitative estimate of drug-likeness (QED) is 0.751. The number of hydrogen-bond acceptors (Lipinski definition) is 4. The molecule has 1 fully saturated rings. The first-order valence-electron chi connectivity index (χ1n) is 9.97. The minimum Gasteiger partial charge on any atom is -0.491 e. The first kappa shape index (κ1) is 21.3. The molecule has 0 aliphatic carbocycles. The first-order valence-corrected chi connectivity index (χ1v) is 11.4. The van der Waals surface area contributed by atoms with E-state index in [-0.39, 0.29) is 16.8 Å². The Balaban J connectivity index is 1.63. The summed E-state index contributed by atoms with van der Waals surface area (Å²) in [7, 11) is -3.57. The highest BCUT2D eigenvalue weighted by molar-refractivity contribution is 7.89. The van der Waals surface area contributed by atoms with Crippen molar-refractivity contribution in [1.29, 1.82) is 0 Å². The number of carbonyl (C=O) groups excluding carboxylic acids is 1. The summed E-state index contributed by atoms with van der Waals surface area (Å²) >= 11 is 0. The number of carbonyl (C=O) groups is 1. The van der Waals surface area contributed by atoms with Gasteiger partial charge in [0.2, 0.25) is 10.0 Å². The number of para-hydroxylation sites is 1. The van der Waals surface area contributed by atoms with E-state index >= 15 is 0 Å². The average molecular weight is 417 g/mol. The van der Waals surface area contributed by atoms with Crippen LogP contribution in [0.2, 0.25) is 0 Å². The maximum atomic E-state index is 12.8. The molecule has 1 saturated heterocycles. The second kappa shape index (κ2) is 9.41. The molecule has 2 aromatic rings. The van der Waals surface area contributed by atoms with Gasteiger partial charge >= 0.3 is 0 Å². The predicted molar refractivity (Wildman–Crippen MR) is 113 cm³/mol. The lowest BCUT2D eigenvalue weighted by atomic mass is 10.2. The SMILES string of the molecule is Cc1ccccc1OC[C@H](C)NC(=O)c1cccc(S(=O)(=O)N2CCCCC2)c1. The minimum atomic E-state index is -3.57. The third kappa shape index (κ3) is 5.36. The molecule has 3 rings (SSSR count). The lowest BCUT2D eigenvalue weighted by Crippen LogP contribution is -2.37. The van der Waals surface area contributed by atoms with Gasteiger partial charge in [-0.3, -0.25) is 4.79 Å². The van der Waals surface area contributed by atoms with E-state index in [1.54, 1.807) is 18.2 Å². The molecule has 0 aromatic heterocycles. The molecule has 1 atom stereocenters. The minimum absolute atomic E-state index is 0.163. The second-order valence-corrected chi connectivity index (χ2v) is 9.38. The van der Waals surface area contributed by atoms with Crippen LogP contribution >= 0.6 is 0 Å². The summed E-state index contributed by atoms with van der Waals surface area (Å²) in [5.41, 5.74) is 1.35. The third-order valence-corrected chi connectivity index (χ3v) is 6.90. The molecule has 1 heterocycles. The van der Waals surface area contributed by atoms with E-state index in [0.29, 0.717) is 25.3 Å². The summed E-state index contributed by atoms with van der Waals surface area (Å²) in [6.07, 6.45) is 2.80. The molecule has 29 heavy (non-hydrogen) atoms. The smallest absolute Gasteiger partial charge is 0.251 e. The molecule has 1 aliphatic heterocycles. The topological polar surface area (TPSA) is 75.7 Å². The van der Waals surface area contributed by atoms with Crippen molar-refractivity contribution in [2.45, 2.75) is 44.0 Å². The van der Waals surface area contributed by atoms with E-state index in [2.05, 4.69) is 5.32 Å². The molecule has 0 bridgehead atoms. The van der Waals surface area contributed by atoms with Crippen molar-refractivity contribution in [3.8, 4) is 5.75 Å². The Bertz CT molecular complexity index is 953. The van der Waals surface area contributed by atoms with Crippen LogP contribution in [0.3, 0.4) is 0 Å². The molecule has 2 aromatic carbocycles. The van der Waals surface area contributed by atoms with Crippen LogP contribution in [0.5, 0.6) is 5.75 Å². The van der Waals surface area contributed by atoms with Crippen LogP contribution in [0.4, 0.5) is 0 Å². The molecule has 156 valence electrons. The van der Waals surface area contributed by atoms with Crippen LogP contribution in [-0.2, 0) is 10.0 Å². The van der Waals surface area contributed by atoms with Gasteiger partial charge in [-0.1, -0.05) is 30.7 Å². The highest BCUT2D eigenvalue weighted by atomic mass is 32.2. The standard InChI is InChI=1S/C22H28N2O4S/c1-17-9-4-5-12-21(17)28-16-18(2)23-22(25)19-10-8-11-20(15-19)29(26,27)24-13-6-3-7-14-24/h4-5,8-12,15,18H,3,6-7,13-14,16H2,1-2H3,(H,23,25)/t18-/m0/s1. The van der Waals surface area contributed by atoms with Gasteiger partial charge in [-0.25, -0.2) is 8.42 Å². The molecule has 0 unspecified atom stereocenters. The van der Waals surface area contributed by atoms with Crippen molar-refractivity contribution in [1.82, 2.24) is 9.62 Å². The van der Waals surface area contributed by atoms with E-state index in [4.69, 9.17) is 4.74 Å². The van der Waals surface area contributed by atoms with Gasteiger partial charge in [0.1, 0.15) is 12.4 Å². The maximum Gasteiger partial charge on any atom is 0.251 e. The fraction of sp³-hybridized carbons (Fsp3) is 0.409. The van der Waals surface area contributed by atoms with Gasteiger partial charge in [0.25, 0.3) is 5.91 Å². The number of nitrogens with zero attached hydrogens (tertiary/aromatic N) is 1. The third-order valence-electron chi connectivity index (χ3n) is 5.01. The number of rotatable bonds is 7. The maximum absolute atomic E-state index is 12.8. The Morgan fingerprint density at radius 3 is 2.55 bits per heavy atom. The van der Waals surface area contributed by atoms with Crippen LogP contribution in [0.1, 0.15) is 42.1 Å². The Kier molecular flexibility index (Phi) is 6.92. The summed E-state index contributed by atoms with van der Waals surface area (Å²) in [5.74, 6) is 0.463. The van der Waals surface area contributed by atoms with Crippen molar-refractivity contribution in [2.24, 2.45) is 0 Å². The average Bonchev–Trinajstić information content (AvgIpc) is 2.74. The van der Waals surface area contributed by atoms with Crippen LogP contribution < -0.4 is 10.1 Å². The molecule has 1 amide bonds. The van der Waals surface area contributed by atoms with Crippen LogP contribution in [-0.4, -0.2) is 44.4 Å². The zero-order chi connectivity index (χ0) is 20.9. The van der Waals surface area contributed by atoms with Crippen LogP contribution in [0.15, 0.2) is 53.4 Å². The molecular formula is C22H28N2O4S. The van der Waals surface area contributed by atoms with E-state index in [0.717, 1.165) is 30.6 Å². The largest absolute Gasteiger partial charge is 0.491 e. The summed E-state index contributed by atoms with van der Waals surface area (Å²) in [5, 5.41) is 2.87. The summed E-state index contributed by atoms with van der Waals surface area (Å²) < 4.78 is 33.0. The van der Waals surface area contributed by atoms with Crippen LogP contribution in [0, 0.1) is 6.92 Å². The monoisotopic (exact) mass is 416 g/mol. The summed E-state index contributed by atoms with van der Waals surface area (Å²) in [6, 6.07) is 13.7. The van der Waals surface area contributed by atoms with Gasteiger partial charge in [-0.2, -0.15) is 4.31 Å². The van der Waals surface area contributed by atoms with E-state index in [1.807, 2.05) is 38.1 Å². The number of nitrogens with one attached hydrogen (secondary N) is 1. The first-order chi connectivity index (χ1) is 13.9. The number of amides is 1. The van der Waals surface area contributed by atoms with Gasteiger partial charge in [0.15, 0.2) is 0 Å². The van der Waals surface area contributed by atoms with Crippen molar-refractivity contribution in [3.63, 3.8) is 0 Å². The Labute approximate surface area is 172 Å². The predicted octanol–water partition coefficient (Wildman–Crippen LogP) is 3.37. The lowest BCUT2D eigenvalue weighted by Gasteiger charge is -2.26. The Morgan fingerprint density at radius 1 is 1.10 bits per heavy atom. The number of aryl methyl sites for hydroxylation is 1. The van der Waals surface area contributed by atoms with Gasteiger partial charge in [-0.15, -0.1) is 0 Å². The van der Waals surface area contributed by atoms with Gasteiger partial charge < -0.3 is 10.1 Å². The Hall–Kier alpha value is -2.38. The lowest BCUT2D eigenvalue weighted by molar-refractivity contribution is 0.0926. The molecule has 6 nitrogen and oxygen atoms in total. The van der Waals surface area contributed by atoms with Gasteiger partial charge in [0, 0.05) is 18.7 Å². The van der Waals surface area contributed by atoms with Crippen molar-refractivity contribution in [2.75, 3.05) is 19.7 Å². The zero-order valence-corrected chi connectivity index (χ0v) is 17.7. The number of sulfonamides is 1. The molecule has 7 heteroatoms. The normalized spacial score (nSPS) is 16.2. The van der Waals surface area contributed by atoms with Crippen molar-refractivity contribution >= 4 is 15.9 Å². The molecule has 0 saturated carbocycles.